The van der Waals surface area contributed by atoms with Crippen LogP contribution in [-0.2, 0) is 17.9 Å². The molecule has 0 spiro atoms. The molecule has 0 radical (unpaired) electrons. The predicted molar refractivity (Wildman–Crippen MR) is 92.1 cm³/mol. The average molecular weight is 327 g/mol. The molecule has 0 saturated carbocycles. The van der Waals surface area contributed by atoms with Crippen LogP contribution in [0.5, 0.6) is 0 Å². The molecule has 2 heterocycles. The predicted octanol–water partition coefficient (Wildman–Crippen LogP) is 1.84. The van der Waals surface area contributed by atoms with Crippen molar-refractivity contribution in [1.82, 2.24) is 25.0 Å². The number of nitrogens with zero attached hydrogens (tertiary/aromatic N) is 4. The van der Waals surface area contributed by atoms with Gasteiger partial charge >= 0.3 is 0 Å². The van der Waals surface area contributed by atoms with E-state index in [1.54, 1.807) is 11.0 Å². The number of rotatable bonds is 7. The van der Waals surface area contributed by atoms with Crippen molar-refractivity contribution in [3.8, 4) is 0 Å². The summed E-state index contributed by atoms with van der Waals surface area (Å²) in [5, 5.41) is 7.10. The minimum Gasteiger partial charge on any atom is -0.354 e. The minimum absolute atomic E-state index is 0.0794. The van der Waals surface area contributed by atoms with Gasteiger partial charge in [0.2, 0.25) is 5.91 Å². The average Bonchev–Trinajstić information content (AvgIpc) is 3.14. The van der Waals surface area contributed by atoms with Gasteiger partial charge in [-0.1, -0.05) is 36.8 Å². The number of amides is 1. The molecule has 1 atom stereocenters. The van der Waals surface area contributed by atoms with Crippen LogP contribution < -0.4 is 5.32 Å². The van der Waals surface area contributed by atoms with E-state index in [1.807, 2.05) is 6.07 Å². The number of nitrogens with one attached hydrogen (secondary N) is 1. The third-order valence-electron chi connectivity index (χ3n) is 4.55. The summed E-state index contributed by atoms with van der Waals surface area (Å²) in [6.45, 7) is 3.36. The highest BCUT2D eigenvalue weighted by molar-refractivity contribution is 5.75. The van der Waals surface area contributed by atoms with Crippen LogP contribution in [0.2, 0.25) is 0 Å². The van der Waals surface area contributed by atoms with Crippen LogP contribution in [-0.4, -0.2) is 44.7 Å². The molecule has 24 heavy (non-hydrogen) atoms. The number of benzene rings is 1. The molecule has 128 valence electrons. The zero-order valence-electron chi connectivity index (χ0n) is 14.0. The fourth-order valence-corrected chi connectivity index (χ4v) is 3.20. The monoisotopic (exact) mass is 327 g/mol. The largest absolute Gasteiger partial charge is 0.354 e. The van der Waals surface area contributed by atoms with E-state index in [9.17, 15) is 4.79 Å². The Bertz CT molecular complexity index is 614. The number of hydrogen-bond donors (Lipinski definition) is 1. The molecule has 0 unspecified atom stereocenters. The van der Waals surface area contributed by atoms with Gasteiger partial charge in [-0.3, -0.25) is 14.4 Å². The number of piperidine rings is 1. The van der Waals surface area contributed by atoms with Gasteiger partial charge in [-0.05, 0) is 24.9 Å². The van der Waals surface area contributed by atoms with Crippen molar-refractivity contribution in [3.05, 3.63) is 48.5 Å². The molecular formula is C18H25N5O. The van der Waals surface area contributed by atoms with Crippen LogP contribution in [0.15, 0.2) is 43.0 Å². The highest BCUT2D eigenvalue weighted by atomic mass is 16.1. The SMILES string of the molecule is O=C(CCn1cncn1)NC[C@@H]1CCCCN1Cc1ccccc1. The molecule has 1 N–H and O–H groups in total. The first-order valence-electron chi connectivity index (χ1n) is 8.68. The van der Waals surface area contributed by atoms with E-state index in [4.69, 9.17) is 0 Å². The topological polar surface area (TPSA) is 63.1 Å². The van der Waals surface area contributed by atoms with Crippen molar-refractivity contribution in [1.29, 1.82) is 0 Å². The van der Waals surface area contributed by atoms with Crippen LogP contribution in [0.1, 0.15) is 31.2 Å². The second-order valence-electron chi connectivity index (χ2n) is 6.32. The number of aryl methyl sites for hydroxylation is 1. The quantitative estimate of drug-likeness (QED) is 0.843. The molecule has 0 aliphatic carbocycles. The summed E-state index contributed by atoms with van der Waals surface area (Å²) in [7, 11) is 0. The Morgan fingerprint density at radius 3 is 2.92 bits per heavy atom. The van der Waals surface area contributed by atoms with Crippen molar-refractivity contribution in [2.45, 2.75) is 44.8 Å². The summed E-state index contributed by atoms with van der Waals surface area (Å²) >= 11 is 0. The zero-order chi connectivity index (χ0) is 16.6. The molecule has 1 saturated heterocycles. The van der Waals surface area contributed by atoms with Crippen molar-refractivity contribution < 1.29 is 4.79 Å². The highest BCUT2D eigenvalue weighted by Crippen LogP contribution is 2.19. The van der Waals surface area contributed by atoms with Gasteiger partial charge < -0.3 is 5.32 Å². The maximum Gasteiger partial charge on any atom is 0.221 e. The van der Waals surface area contributed by atoms with Crippen LogP contribution in [0.3, 0.4) is 0 Å². The summed E-state index contributed by atoms with van der Waals surface area (Å²) in [6.07, 6.45) is 7.19. The Labute approximate surface area is 142 Å². The number of carbonyl (C=O) groups is 1. The van der Waals surface area contributed by atoms with Gasteiger partial charge in [0.15, 0.2) is 0 Å². The molecule has 1 aromatic heterocycles. The van der Waals surface area contributed by atoms with E-state index in [2.05, 4.69) is 44.6 Å². The molecule has 0 bridgehead atoms. The molecule has 1 fully saturated rings. The fraction of sp³-hybridized carbons (Fsp3) is 0.500. The van der Waals surface area contributed by atoms with Crippen molar-refractivity contribution in [2.75, 3.05) is 13.1 Å². The maximum absolute atomic E-state index is 12.1. The van der Waals surface area contributed by atoms with Gasteiger partial charge in [0.05, 0.1) is 6.54 Å². The zero-order valence-corrected chi connectivity index (χ0v) is 14.0. The maximum atomic E-state index is 12.1. The van der Waals surface area contributed by atoms with Crippen LogP contribution in [0, 0.1) is 0 Å². The summed E-state index contributed by atoms with van der Waals surface area (Å²) in [6, 6.07) is 11.0. The molecule has 3 rings (SSSR count). The van der Waals surface area contributed by atoms with E-state index in [0.717, 1.165) is 26.1 Å². The van der Waals surface area contributed by atoms with Gasteiger partial charge in [0.1, 0.15) is 12.7 Å². The molecule has 2 aromatic rings. The van der Waals surface area contributed by atoms with Crippen LogP contribution in [0.4, 0.5) is 0 Å². The first-order chi connectivity index (χ1) is 11.8. The van der Waals surface area contributed by atoms with E-state index < -0.39 is 0 Å². The number of likely N-dealkylation sites (tertiary alicyclic amines) is 1. The Hall–Kier alpha value is -2.21. The lowest BCUT2D eigenvalue weighted by molar-refractivity contribution is -0.121. The minimum atomic E-state index is 0.0794. The van der Waals surface area contributed by atoms with E-state index >= 15 is 0 Å². The van der Waals surface area contributed by atoms with Crippen LogP contribution in [0.25, 0.3) is 0 Å². The standard InChI is InChI=1S/C18H25N5O/c24-18(9-11-23-15-19-14-21-23)20-12-17-8-4-5-10-22(17)13-16-6-2-1-3-7-16/h1-3,6-7,14-15,17H,4-5,8-13H2,(H,20,24)/t17-/m0/s1. The normalized spacial score (nSPS) is 18.4. The third-order valence-corrected chi connectivity index (χ3v) is 4.55. The van der Waals surface area contributed by atoms with Gasteiger partial charge in [0, 0.05) is 25.6 Å². The molecular weight excluding hydrogens is 302 g/mol. The Kier molecular flexibility index (Phi) is 5.96. The van der Waals surface area contributed by atoms with E-state index in [1.165, 1.54) is 24.7 Å². The Balaban J connectivity index is 1.46. The Morgan fingerprint density at radius 1 is 1.25 bits per heavy atom. The van der Waals surface area contributed by atoms with E-state index in [0.29, 0.717) is 19.0 Å². The van der Waals surface area contributed by atoms with Gasteiger partial charge in [-0.25, -0.2) is 4.98 Å². The second kappa shape index (κ2) is 8.59. The Morgan fingerprint density at radius 2 is 2.12 bits per heavy atom. The van der Waals surface area contributed by atoms with Gasteiger partial charge in [-0.15, -0.1) is 0 Å². The summed E-state index contributed by atoms with van der Waals surface area (Å²) in [5.41, 5.74) is 1.34. The van der Waals surface area contributed by atoms with Crippen molar-refractivity contribution in [2.24, 2.45) is 0 Å². The van der Waals surface area contributed by atoms with Gasteiger partial charge in [0.25, 0.3) is 0 Å². The lowest BCUT2D eigenvalue weighted by atomic mass is 10.0. The summed E-state index contributed by atoms with van der Waals surface area (Å²) in [4.78, 5) is 18.4. The summed E-state index contributed by atoms with van der Waals surface area (Å²) < 4.78 is 1.68. The lowest BCUT2D eigenvalue weighted by Crippen LogP contribution is -2.46. The highest BCUT2D eigenvalue weighted by Gasteiger charge is 2.22. The second-order valence-corrected chi connectivity index (χ2v) is 6.32. The number of carbonyl (C=O) groups excluding carboxylic acids is 1. The first-order valence-corrected chi connectivity index (χ1v) is 8.68. The summed E-state index contributed by atoms with van der Waals surface area (Å²) in [5.74, 6) is 0.0794. The molecule has 1 aliphatic heterocycles. The molecule has 1 aromatic carbocycles. The van der Waals surface area contributed by atoms with Crippen molar-refractivity contribution in [3.63, 3.8) is 0 Å². The smallest absolute Gasteiger partial charge is 0.221 e. The molecule has 1 amide bonds. The first kappa shape index (κ1) is 16.6. The lowest BCUT2D eigenvalue weighted by Gasteiger charge is -2.36. The van der Waals surface area contributed by atoms with Gasteiger partial charge in [-0.2, -0.15) is 5.10 Å². The number of hydrogen-bond acceptors (Lipinski definition) is 4. The van der Waals surface area contributed by atoms with Crippen LogP contribution >= 0.6 is 0 Å². The molecule has 1 aliphatic rings. The fourth-order valence-electron chi connectivity index (χ4n) is 3.20. The number of aromatic nitrogens is 3. The molecule has 6 nitrogen and oxygen atoms in total. The van der Waals surface area contributed by atoms with Crippen molar-refractivity contribution >= 4 is 5.91 Å². The van der Waals surface area contributed by atoms with E-state index in [-0.39, 0.29) is 5.91 Å². The third kappa shape index (κ3) is 4.89. The molecule has 6 heteroatoms.